The predicted octanol–water partition coefficient (Wildman–Crippen LogP) is 3.92. The van der Waals surface area contributed by atoms with Crippen LogP contribution in [0.25, 0.3) is 0 Å². The zero-order valence-corrected chi connectivity index (χ0v) is 13.9. The molecule has 0 saturated heterocycles. The fourth-order valence-electron chi connectivity index (χ4n) is 2.50. The van der Waals surface area contributed by atoms with Gasteiger partial charge in [-0.3, -0.25) is 9.59 Å². The highest BCUT2D eigenvalue weighted by atomic mass is 19.1. The van der Waals surface area contributed by atoms with Crippen LogP contribution in [-0.2, 0) is 22.4 Å². The van der Waals surface area contributed by atoms with Crippen molar-refractivity contribution >= 4 is 23.2 Å². The van der Waals surface area contributed by atoms with Gasteiger partial charge in [0.15, 0.2) is 0 Å². The lowest BCUT2D eigenvalue weighted by atomic mass is 10.0. The van der Waals surface area contributed by atoms with E-state index in [2.05, 4.69) is 10.6 Å². The third-order valence-corrected chi connectivity index (χ3v) is 3.69. The van der Waals surface area contributed by atoms with Gasteiger partial charge in [-0.05, 0) is 42.2 Å². The van der Waals surface area contributed by atoms with Gasteiger partial charge in [-0.15, -0.1) is 0 Å². The highest BCUT2D eigenvalue weighted by Crippen LogP contribution is 2.22. The average Bonchev–Trinajstić information content (AvgIpc) is 2.54. The molecule has 0 bridgehead atoms. The Morgan fingerprint density at radius 1 is 0.917 bits per heavy atom. The van der Waals surface area contributed by atoms with Crippen molar-refractivity contribution in [2.75, 3.05) is 10.6 Å². The summed E-state index contributed by atoms with van der Waals surface area (Å²) in [6.45, 7) is 4.03. The normalized spacial score (nSPS) is 10.3. The van der Waals surface area contributed by atoms with Gasteiger partial charge in [0, 0.05) is 11.4 Å². The minimum atomic E-state index is -0.481. The van der Waals surface area contributed by atoms with Crippen molar-refractivity contribution in [1.29, 1.82) is 0 Å². The van der Waals surface area contributed by atoms with Crippen molar-refractivity contribution in [3.05, 3.63) is 59.4 Å². The number of nitrogens with one attached hydrogen (secondary N) is 2. The van der Waals surface area contributed by atoms with Gasteiger partial charge in [-0.25, -0.2) is 4.39 Å². The lowest BCUT2D eigenvalue weighted by molar-refractivity contribution is -0.123. The van der Waals surface area contributed by atoms with E-state index in [0.717, 1.165) is 29.7 Å². The molecule has 5 heteroatoms. The van der Waals surface area contributed by atoms with Crippen LogP contribution in [-0.4, -0.2) is 11.8 Å². The molecule has 4 nitrogen and oxygen atoms in total. The highest BCUT2D eigenvalue weighted by Gasteiger charge is 2.14. The second kappa shape index (κ2) is 8.24. The molecule has 24 heavy (non-hydrogen) atoms. The van der Waals surface area contributed by atoms with E-state index in [1.807, 2.05) is 32.0 Å². The quantitative estimate of drug-likeness (QED) is 0.790. The van der Waals surface area contributed by atoms with Crippen molar-refractivity contribution in [3.63, 3.8) is 0 Å². The number of amides is 2. The highest BCUT2D eigenvalue weighted by molar-refractivity contribution is 6.08. The number of hydrogen-bond acceptors (Lipinski definition) is 2. The van der Waals surface area contributed by atoms with Crippen molar-refractivity contribution in [1.82, 2.24) is 0 Å². The zero-order chi connectivity index (χ0) is 17.5. The predicted molar refractivity (Wildman–Crippen MR) is 93.5 cm³/mol. The molecule has 2 aromatic rings. The van der Waals surface area contributed by atoms with E-state index >= 15 is 0 Å². The molecule has 0 aliphatic rings. The molecular weight excluding hydrogens is 307 g/mol. The molecule has 0 aromatic heterocycles. The zero-order valence-electron chi connectivity index (χ0n) is 13.9. The Bertz CT molecular complexity index is 722. The molecule has 0 aliphatic heterocycles. The van der Waals surface area contributed by atoms with Gasteiger partial charge in [0.05, 0.1) is 0 Å². The minimum Gasteiger partial charge on any atom is -0.326 e. The lowest BCUT2D eigenvalue weighted by Gasteiger charge is -2.14. The van der Waals surface area contributed by atoms with Crippen LogP contribution in [0.2, 0.25) is 0 Å². The van der Waals surface area contributed by atoms with Gasteiger partial charge in [0.2, 0.25) is 11.8 Å². The van der Waals surface area contributed by atoms with Crippen molar-refractivity contribution in [2.45, 2.75) is 33.1 Å². The van der Waals surface area contributed by atoms with Gasteiger partial charge in [-0.1, -0.05) is 38.1 Å². The maximum absolute atomic E-state index is 13.1. The van der Waals surface area contributed by atoms with E-state index in [9.17, 15) is 14.0 Å². The van der Waals surface area contributed by atoms with Crippen molar-refractivity contribution < 1.29 is 14.0 Å². The number of carbonyl (C=O) groups is 2. The Labute approximate surface area is 141 Å². The minimum absolute atomic E-state index is 0.322. The third-order valence-electron chi connectivity index (χ3n) is 3.69. The fourth-order valence-corrected chi connectivity index (χ4v) is 2.50. The molecule has 2 rings (SSSR count). The molecule has 0 aliphatic carbocycles. The molecule has 0 unspecified atom stereocenters. The molecule has 0 radical (unpaired) electrons. The van der Waals surface area contributed by atoms with E-state index in [0.29, 0.717) is 5.69 Å². The Balaban J connectivity index is 2.02. The largest absolute Gasteiger partial charge is 0.326 e. The number of anilines is 2. The summed E-state index contributed by atoms with van der Waals surface area (Å²) >= 11 is 0. The molecule has 0 heterocycles. The molecule has 0 atom stereocenters. The van der Waals surface area contributed by atoms with E-state index in [4.69, 9.17) is 0 Å². The molecular formula is C19H21FN2O2. The van der Waals surface area contributed by atoms with Gasteiger partial charge in [0.25, 0.3) is 0 Å². The monoisotopic (exact) mass is 328 g/mol. The molecule has 2 aromatic carbocycles. The molecule has 0 fully saturated rings. The molecule has 0 saturated carbocycles. The second-order valence-corrected chi connectivity index (χ2v) is 5.44. The third kappa shape index (κ3) is 4.65. The van der Waals surface area contributed by atoms with Crippen LogP contribution < -0.4 is 10.6 Å². The molecule has 126 valence electrons. The summed E-state index contributed by atoms with van der Waals surface area (Å²) < 4.78 is 13.1. The summed E-state index contributed by atoms with van der Waals surface area (Å²) in [6, 6.07) is 11.4. The van der Waals surface area contributed by atoms with Gasteiger partial charge < -0.3 is 10.6 Å². The molecule has 2 N–H and O–H groups in total. The van der Waals surface area contributed by atoms with E-state index in [1.165, 1.54) is 18.2 Å². The SMILES string of the molecule is CCc1cccc(CC)c1NC(=O)CC(=O)Nc1cccc(F)c1. The Kier molecular flexibility index (Phi) is 6.07. The molecule has 2 amide bonds. The van der Waals surface area contributed by atoms with Crippen molar-refractivity contribution in [2.24, 2.45) is 0 Å². The van der Waals surface area contributed by atoms with E-state index < -0.39 is 11.7 Å². The number of benzene rings is 2. The maximum Gasteiger partial charge on any atom is 0.233 e. The van der Waals surface area contributed by atoms with Gasteiger partial charge >= 0.3 is 0 Å². The summed E-state index contributed by atoms with van der Waals surface area (Å²) in [6.07, 6.45) is 1.26. The maximum atomic E-state index is 13.1. The number of para-hydroxylation sites is 1. The summed E-state index contributed by atoms with van der Waals surface area (Å²) in [5.41, 5.74) is 3.18. The lowest BCUT2D eigenvalue weighted by Crippen LogP contribution is -2.22. The first-order chi connectivity index (χ1) is 11.5. The number of carbonyl (C=O) groups excluding carboxylic acids is 2. The summed E-state index contributed by atoms with van der Waals surface area (Å²) in [5, 5.41) is 5.35. The summed E-state index contributed by atoms with van der Waals surface area (Å²) in [5.74, 6) is -1.31. The van der Waals surface area contributed by atoms with Crippen LogP contribution in [0.15, 0.2) is 42.5 Å². The van der Waals surface area contributed by atoms with Crippen LogP contribution in [0, 0.1) is 5.82 Å². The topological polar surface area (TPSA) is 58.2 Å². The molecule has 0 spiro atoms. The summed E-state index contributed by atoms with van der Waals surface area (Å²) in [7, 11) is 0. The van der Waals surface area contributed by atoms with Gasteiger partial charge in [-0.2, -0.15) is 0 Å². The number of rotatable bonds is 6. The Morgan fingerprint density at radius 2 is 1.50 bits per heavy atom. The smallest absolute Gasteiger partial charge is 0.233 e. The van der Waals surface area contributed by atoms with Crippen LogP contribution in [0.4, 0.5) is 15.8 Å². The Morgan fingerprint density at radius 3 is 2.08 bits per heavy atom. The first kappa shape index (κ1) is 17.7. The number of halogens is 1. The van der Waals surface area contributed by atoms with Crippen LogP contribution in [0.3, 0.4) is 0 Å². The number of aryl methyl sites for hydroxylation is 2. The van der Waals surface area contributed by atoms with Crippen LogP contribution >= 0.6 is 0 Å². The van der Waals surface area contributed by atoms with Gasteiger partial charge in [0.1, 0.15) is 12.2 Å². The number of hydrogen-bond donors (Lipinski definition) is 2. The summed E-state index contributed by atoms with van der Waals surface area (Å²) in [4.78, 5) is 24.1. The first-order valence-corrected chi connectivity index (χ1v) is 7.99. The fraction of sp³-hybridized carbons (Fsp3) is 0.263. The Hall–Kier alpha value is -2.69. The average molecular weight is 328 g/mol. The first-order valence-electron chi connectivity index (χ1n) is 7.99. The second-order valence-electron chi connectivity index (χ2n) is 5.44. The van der Waals surface area contributed by atoms with Crippen LogP contribution in [0.1, 0.15) is 31.4 Å². The van der Waals surface area contributed by atoms with Crippen LogP contribution in [0.5, 0.6) is 0 Å². The standard InChI is InChI=1S/C19H21FN2O2/c1-3-13-7-5-8-14(4-2)19(13)22-18(24)12-17(23)21-16-10-6-9-15(20)11-16/h5-11H,3-4,12H2,1-2H3,(H,21,23)(H,22,24). The van der Waals surface area contributed by atoms with Crippen molar-refractivity contribution in [3.8, 4) is 0 Å². The van der Waals surface area contributed by atoms with E-state index in [1.54, 1.807) is 6.07 Å². The van der Waals surface area contributed by atoms with E-state index in [-0.39, 0.29) is 12.3 Å².